The van der Waals surface area contributed by atoms with Crippen LogP contribution in [-0.2, 0) is 11.2 Å². The van der Waals surface area contributed by atoms with Crippen LogP contribution in [0, 0.1) is 6.92 Å². The van der Waals surface area contributed by atoms with Crippen molar-refractivity contribution < 1.29 is 9.53 Å². The maximum Gasteiger partial charge on any atom is 0.264 e. The van der Waals surface area contributed by atoms with Crippen LogP contribution in [-0.4, -0.2) is 57.2 Å². The van der Waals surface area contributed by atoms with Gasteiger partial charge in [0.2, 0.25) is 0 Å². The molecule has 2 aromatic heterocycles. The first-order valence-corrected chi connectivity index (χ1v) is 12.0. The lowest BCUT2D eigenvalue weighted by Crippen LogP contribution is -2.45. The number of ether oxygens (including phenoxy) is 1. The quantitative estimate of drug-likeness (QED) is 0.665. The highest BCUT2D eigenvalue weighted by atomic mass is 16.5. The number of nitrogens with zero attached hydrogens (tertiary/aromatic N) is 5. The molecule has 1 aromatic carbocycles. The summed E-state index contributed by atoms with van der Waals surface area (Å²) in [6, 6.07) is 10.1. The minimum atomic E-state index is -0.452. The number of aromatic nitrogens is 3. The zero-order valence-electron chi connectivity index (χ0n) is 19.0. The predicted octanol–water partition coefficient (Wildman–Crippen LogP) is 2.63. The zero-order chi connectivity index (χ0) is 22.5. The molecule has 2 N–H and O–H groups in total. The molecular formula is C25H30N6O2. The lowest BCUT2D eigenvalue weighted by molar-refractivity contribution is -0.142. The third-order valence-electron chi connectivity index (χ3n) is 7.20. The fourth-order valence-corrected chi connectivity index (χ4v) is 5.49. The van der Waals surface area contributed by atoms with E-state index in [0.717, 1.165) is 79.4 Å². The lowest BCUT2D eigenvalue weighted by atomic mass is 9.98. The molecule has 3 aromatic rings. The Balaban J connectivity index is 1.27. The number of para-hydroxylation sites is 1. The van der Waals surface area contributed by atoms with Gasteiger partial charge in [-0.2, -0.15) is 5.10 Å². The molecule has 0 saturated carbocycles. The summed E-state index contributed by atoms with van der Waals surface area (Å²) < 4.78 is 7.87. The van der Waals surface area contributed by atoms with E-state index in [0.29, 0.717) is 6.42 Å². The van der Waals surface area contributed by atoms with E-state index in [9.17, 15) is 4.79 Å². The summed E-state index contributed by atoms with van der Waals surface area (Å²) in [5.41, 5.74) is 10.0. The van der Waals surface area contributed by atoms with Crippen LogP contribution in [0.2, 0.25) is 0 Å². The molecule has 172 valence electrons. The van der Waals surface area contributed by atoms with Crippen LogP contribution in [0.25, 0.3) is 5.65 Å². The highest BCUT2D eigenvalue weighted by Crippen LogP contribution is 2.35. The Bertz CT molecular complexity index is 1180. The van der Waals surface area contributed by atoms with Crippen molar-refractivity contribution in [3.63, 3.8) is 0 Å². The largest absolute Gasteiger partial charge is 0.480 e. The number of nitrogens with two attached hydrogens (primary N) is 1. The number of fused-ring (bicyclic) bond motifs is 2. The summed E-state index contributed by atoms with van der Waals surface area (Å²) in [4.78, 5) is 22.7. The molecule has 0 bridgehead atoms. The van der Waals surface area contributed by atoms with Crippen molar-refractivity contribution in [2.24, 2.45) is 5.73 Å². The second kappa shape index (κ2) is 8.02. The average molecular weight is 447 g/mol. The summed E-state index contributed by atoms with van der Waals surface area (Å²) in [5, 5.41) is 4.85. The number of benzene rings is 1. The van der Waals surface area contributed by atoms with Gasteiger partial charge in [0.15, 0.2) is 11.8 Å². The maximum absolute atomic E-state index is 13.5. The van der Waals surface area contributed by atoms with Gasteiger partial charge in [0, 0.05) is 49.9 Å². The monoisotopic (exact) mass is 446 g/mol. The fourth-order valence-electron chi connectivity index (χ4n) is 5.49. The lowest BCUT2D eigenvalue weighted by Gasteiger charge is -2.36. The Morgan fingerprint density at radius 3 is 2.88 bits per heavy atom. The molecule has 3 aliphatic rings. The molecule has 1 unspecified atom stereocenters. The second-order valence-corrected chi connectivity index (χ2v) is 9.58. The number of carbonyl (C=O) groups excluding carboxylic acids is 1. The fraction of sp³-hybridized carbons (Fsp3) is 0.480. The van der Waals surface area contributed by atoms with Gasteiger partial charge in [0.05, 0.1) is 11.7 Å². The van der Waals surface area contributed by atoms with Crippen LogP contribution in [0.5, 0.6) is 5.75 Å². The molecule has 0 aliphatic carbocycles. The van der Waals surface area contributed by atoms with E-state index < -0.39 is 6.10 Å². The summed E-state index contributed by atoms with van der Waals surface area (Å²) in [5.74, 6) is 1.87. The number of anilines is 1. The Morgan fingerprint density at radius 2 is 2.06 bits per heavy atom. The van der Waals surface area contributed by atoms with Gasteiger partial charge in [0.1, 0.15) is 11.6 Å². The minimum Gasteiger partial charge on any atom is -0.480 e. The summed E-state index contributed by atoms with van der Waals surface area (Å²) in [6.07, 6.45) is 6.20. The zero-order valence-corrected chi connectivity index (χ0v) is 19.0. The molecule has 1 amide bonds. The SMILES string of the molecule is Cc1cn2nc([C@@H]3CCCCN3C(=O)C3Cc4ccccc4O3)cc2nc1N1CC[C@H](N)C1. The van der Waals surface area contributed by atoms with E-state index in [1.807, 2.05) is 45.9 Å². The molecular weight excluding hydrogens is 416 g/mol. The second-order valence-electron chi connectivity index (χ2n) is 9.58. The van der Waals surface area contributed by atoms with Gasteiger partial charge in [-0.25, -0.2) is 9.50 Å². The van der Waals surface area contributed by atoms with E-state index in [1.165, 1.54) is 0 Å². The molecule has 2 fully saturated rings. The molecule has 3 atom stereocenters. The summed E-state index contributed by atoms with van der Waals surface area (Å²) in [7, 11) is 0. The topological polar surface area (TPSA) is 89.0 Å². The molecule has 33 heavy (non-hydrogen) atoms. The van der Waals surface area contributed by atoms with E-state index in [4.69, 9.17) is 20.6 Å². The molecule has 6 rings (SSSR count). The van der Waals surface area contributed by atoms with Gasteiger partial charge in [-0.05, 0) is 44.2 Å². The van der Waals surface area contributed by atoms with Crippen molar-refractivity contribution in [1.29, 1.82) is 0 Å². The van der Waals surface area contributed by atoms with Crippen LogP contribution in [0.3, 0.4) is 0 Å². The number of carbonyl (C=O) groups is 1. The molecule has 5 heterocycles. The Kier molecular flexibility index (Phi) is 4.98. The van der Waals surface area contributed by atoms with Crippen LogP contribution in [0.4, 0.5) is 5.82 Å². The third-order valence-corrected chi connectivity index (χ3v) is 7.20. The normalized spacial score (nSPS) is 24.8. The number of likely N-dealkylation sites (tertiary alicyclic amines) is 1. The molecule has 8 nitrogen and oxygen atoms in total. The highest BCUT2D eigenvalue weighted by molar-refractivity contribution is 5.83. The molecule has 0 radical (unpaired) electrons. The van der Waals surface area contributed by atoms with Crippen molar-refractivity contribution in [1.82, 2.24) is 19.5 Å². The van der Waals surface area contributed by atoms with Crippen LogP contribution < -0.4 is 15.4 Å². The number of rotatable bonds is 3. The van der Waals surface area contributed by atoms with Gasteiger partial charge >= 0.3 is 0 Å². The Hall–Kier alpha value is -3.13. The summed E-state index contributed by atoms with van der Waals surface area (Å²) in [6.45, 7) is 4.57. The predicted molar refractivity (Wildman–Crippen MR) is 125 cm³/mol. The number of hydrogen-bond donors (Lipinski definition) is 1. The molecule has 8 heteroatoms. The van der Waals surface area contributed by atoms with E-state index >= 15 is 0 Å². The van der Waals surface area contributed by atoms with Gasteiger partial charge < -0.3 is 20.3 Å². The smallest absolute Gasteiger partial charge is 0.264 e. The van der Waals surface area contributed by atoms with Gasteiger partial charge in [-0.1, -0.05) is 18.2 Å². The van der Waals surface area contributed by atoms with Crippen LogP contribution >= 0.6 is 0 Å². The Labute approximate surface area is 193 Å². The van der Waals surface area contributed by atoms with Crippen molar-refractivity contribution in [3.8, 4) is 5.75 Å². The van der Waals surface area contributed by atoms with Gasteiger partial charge in [-0.3, -0.25) is 4.79 Å². The first-order valence-electron chi connectivity index (χ1n) is 12.0. The average Bonchev–Trinajstić information content (AvgIpc) is 3.55. The third kappa shape index (κ3) is 3.62. The van der Waals surface area contributed by atoms with E-state index in [1.54, 1.807) is 0 Å². The number of aryl methyl sites for hydroxylation is 1. The van der Waals surface area contributed by atoms with Crippen LogP contribution in [0.15, 0.2) is 36.5 Å². The highest BCUT2D eigenvalue weighted by Gasteiger charge is 2.37. The number of amides is 1. The van der Waals surface area contributed by atoms with E-state index in [-0.39, 0.29) is 18.0 Å². The van der Waals surface area contributed by atoms with Gasteiger partial charge in [-0.15, -0.1) is 0 Å². The number of piperidine rings is 1. The molecule has 3 aliphatic heterocycles. The molecule has 2 saturated heterocycles. The maximum atomic E-state index is 13.5. The standard InChI is InChI=1S/C25H30N6O2/c1-16-14-31-23(27-24(16)29-11-9-18(26)15-29)13-19(28-31)20-7-4-5-10-30(20)25(32)22-12-17-6-2-3-8-21(17)33-22/h2-3,6,8,13-14,18,20,22H,4-5,7,9-12,15,26H2,1H3/t18-,20-,22?/m0/s1. The number of hydrogen-bond acceptors (Lipinski definition) is 6. The first-order chi connectivity index (χ1) is 16.1. The van der Waals surface area contributed by atoms with Crippen molar-refractivity contribution in [2.75, 3.05) is 24.5 Å². The first kappa shape index (κ1) is 20.5. The van der Waals surface area contributed by atoms with Crippen molar-refractivity contribution in [3.05, 3.63) is 53.3 Å². The van der Waals surface area contributed by atoms with Crippen molar-refractivity contribution in [2.45, 2.75) is 57.2 Å². The minimum absolute atomic E-state index is 0.0516. The summed E-state index contributed by atoms with van der Waals surface area (Å²) >= 11 is 0. The Morgan fingerprint density at radius 1 is 1.18 bits per heavy atom. The van der Waals surface area contributed by atoms with Crippen LogP contribution in [0.1, 0.15) is 48.5 Å². The van der Waals surface area contributed by atoms with E-state index in [2.05, 4.69) is 11.8 Å². The van der Waals surface area contributed by atoms with Crippen molar-refractivity contribution >= 4 is 17.4 Å². The molecule has 0 spiro atoms. The van der Waals surface area contributed by atoms with Gasteiger partial charge in [0.25, 0.3) is 5.91 Å².